The lowest BCUT2D eigenvalue weighted by Gasteiger charge is -2.17. The van der Waals surface area contributed by atoms with Crippen LogP contribution in [-0.2, 0) is 8.92 Å². The van der Waals surface area contributed by atoms with Crippen LogP contribution in [0.1, 0.15) is 0 Å². The minimum Gasteiger partial charge on any atom is -0.427 e. The lowest BCUT2D eigenvalue weighted by atomic mass is 10.3. The van der Waals surface area contributed by atoms with E-state index in [0.717, 1.165) is 12.1 Å². The number of benzene rings is 1. The standard InChI is InChI=1S/C10H10F2O6S/c11-6-1-2-9(8(12)3-6)18-10(13)17-7-4-16-19(14,15)5-7/h1-3,7,14-15H,4-5H2. The van der Waals surface area contributed by atoms with Crippen molar-refractivity contribution in [3.63, 3.8) is 0 Å². The van der Waals surface area contributed by atoms with Crippen LogP contribution in [0.5, 0.6) is 5.75 Å². The van der Waals surface area contributed by atoms with Gasteiger partial charge in [0.05, 0.1) is 16.6 Å². The molecule has 0 amide bonds. The monoisotopic (exact) mass is 296 g/mol. The fourth-order valence-corrected chi connectivity index (χ4v) is 2.51. The topological polar surface area (TPSA) is 85.2 Å². The molecule has 1 aliphatic rings. The molecule has 0 radical (unpaired) electrons. The predicted octanol–water partition coefficient (Wildman–Crippen LogP) is 2.54. The summed E-state index contributed by atoms with van der Waals surface area (Å²) in [6.45, 7) is -0.191. The minimum absolute atomic E-state index is 0.191. The Bertz CT molecular complexity index is 495. The van der Waals surface area contributed by atoms with Crippen molar-refractivity contribution in [3.8, 4) is 5.75 Å². The summed E-state index contributed by atoms with van der Waals surface area (Å²) in [5.41, 5.74) is 0. The van der Waals surface area contributed by atoms with E-state index in [0.29, 0.717) is 6.07 Å². The molecule has 1 saturated heterocycles. The van der Waals surface area contributed by atoms with Crippen LogP contribution in [0.2, 0.25) is 0 Å². The van der Waals surface area contributed by atoms with Crippen LogP contribution >= 0.6 is 10.9 Å². The van der Waals surface area contributed by atoms with Gasteiger partial charge in [0.1, 0.15) is 18.5 Å². The van der Waals surface area contributed by atoms with Crippen molar-refractivity contribution >= 4 is 17.0 Å². The summed E-state index contributed by atoms with van der Waals surface area (Å²) in [5, 5.41) is 0. The highest BCUT2D eigenvalue weighted by Crippen LogP contribution is 2.45. The van der Waals surface area contributed by atoms with E-state index in [1.807, 2.05) is 0 Å². The summed E-state index contributed by atoms with van der Waals surface area (Å²) >= 11 is 0. The fourth-order valence-electron chi connectivity index (χ4n) is 1.40. The minimum atomic E-state index is -3.18. The van der Waals surface area contributed by atoms with Gasteiger partial charge in [0.2, 0.25) is 0 Å². The molecule has 2 rings (SSSR count). The maximum absolute atomic E-state index is 13.2. The van der Waals surface area contributed by atoms with Crippen LogP contribution < -0.4 is 4.74 Å². The maximum atomic E-state index is 13.2. The van der Waals surface area contributed by atoms with Gasteiger partial charge < -0.3 is 18.6 Å². The Morgan fingerprint density at radius 1 is 1.42 bits per heavy atom. The first-order valence-corrected chi connectivity index (χ1v) is 6.73. The molecule has 1 fully saturated rings. The van der Waals surface area contributed by atoms with Crippen LogP contribution in [-0.4, -0.2) is 33.7 Å². The molecule has 1 aromatic rings. The SMILES string of the molecule is O=C(Oc1ccc(F)cc1F)OC1COS(O)(O)C1. The molecule has 6 nitrogen and oxygen atoms in total. The summed E-state index contributed by atoms with van der Waals surface area (Å²) in [7, 11) is -3.18. The van der Waals surface area contributed by atoms with E-state index in [1.54, 1.807) is 0 Å². The normalized spacial score (nSPS) is 22.8. The molecule has 1 unspecified atom stereocenters. The fraction of sp³-hybridized carbons (Fsp3) is 0.300. The lowest BCUT2D eigenvalue weighted by molar-refractivity contribution is 0.0558. The van der Waals surface area contributed by atoms with Crippen molar-refractivity contribution in [3.05, 3.63) is 29.8 Å². The zero-order valence-corrected chi connectivity index (χ0v) is 10.2. The second kappa shape index (κ2) is 5.29. The van der Waals surface area contributed by atoms with Gasteiger partial charge in [-0.25, -0.2) is 13.6 Å². The third-order valence-electron chi connectivity index (χ3n) is 2.20. The Morgan fingerprint density at radius 3 is 2.74 bits per heavy atom. The van der Waals surface area contributed by atoms with Gasteiger partial charge in [-0.05, 0) is 12.1 Å². The summed E-state index contributed by atoms with van der Waals surface area (Å²) < 4.78 is 57.8. The average Bonchev–Trinajstić information content (AvgIpc) is 2.62. The smallest absolute Gasteiger partial charge is 0.427 e. The number of ether oxygens (including phenoxy) is 2. The van der Waals surface area contributed by atoms with Crippen molar-refractivity contribution in [2.45, 2.75) is 6.10 Å². The van der Waals surface area contributed by atoms with E-state index in [-0.39, 0.29) is 12.4 Å². The third kappa shape index (κ3) is 3.77. The molecule has 0 aliphatic carbocycles. The maximum Gasteiger partial charge on any atom is 0.514 e. The molecule has 0 bridgehead atoms. The summed E-state index contributed by atoms with van der Waals surface area (Å²) in [6.07, 6.45) is -2.13. The molecule has 0 spiro atoms. The van der Waals surface area contributed by atoms with E-state index in [9.17, 15) is 13.6 Å². The molecule has 1 heterocycles. The van der Waals surface area contributed by atoms with E-state index < -0.39 is 40.5 Å². The molecular formula is C10H10F2O6S. The molecule has 106 valence electrons. The Morgan fingerprint density at radius 2 is 2.16 bits per heavy atom. The van der Waals surface area contributed by atoms with Gasteiger partial charge in [-0.15, -0.1) is 0 Å². The summed E-state index contributed by atoms with van der Waals surface area (Å²) in [6, 6.07) is 2.41. The van der Waals surface area contributed by atoms with Crippen LogP contribution in [0, 0.1) is 11.6 Å². The van der Waals surface area contributed by atoms with Crippen LogP contribution in [0.3, 0.4) is 0 Å². The predicted molar refractivity (Wildman–Crippen MR) is 60.9 cm³/mol. The quantitative estimate of drug-likeness (QED) is 0.644. The highest BCUT2D eigenvalue weighted by atomic mass is 32.3. The summed E-state index contributed by atoms with van der Waals surface area (Å²) in [4.78, 5) is 11.3. The van der Waals surface area contributed by atoms with Gasteiger partial charge in [-0.2, -0.15) is 0 Å². The molecule has 1 aromatic carbocycles. The number of carbonyl (C=O) groups excluding carboxylic acids is 1. The molecule has 0 aromatic heterocycles. The zero-order chi connectivity index (χ0) is 14.0. The Balaban J connectivity index is 1.91. The van der Waals surface area contributed by atoms with Gasteiger partial charge in [-0.1, -0.05) is 0 Å². The number of carbonyl (C=O) groups is 1. The number of hydrogen-bond acceptors (Lipinski definition) is 6. The Kier molecular flexibility index (Phi) is 3.90. The Labute approximate surface area is 108 Å². The molecule has 2 N–H and O–H groups in total. The molecule has 19 heavy (non-hydrogen) atoms. The van der Waals surface area contributed by atoms with Crippen molar-refractivity contribution in [1.82, 2.24) is 0 Å². The first kappa shape index (κ1) is 14.0. The van der Waals surface area contributed by atoms with E-state index in [2.05, 4.69) is 8.92 Å². The van der Waals surface area contributed by atoms with Crippen LogP contribution in [0.4, 0.5) is 13.6 Å². The van der Waals surface area contributed by atoms with Crippen molar-refractivity contribution in [2.75, 3.05) is 12.4 Å². The van der Waals surface area contributed by atoms with Crippen molar-refractivity contribution < 1.29 is 36.3 Å². The lowest BCUT2D eigenvalue weighted by Crippen LogP contribution is -2.23. The van der Waals surface area contributed by atoms with E-state index in [1.165, 1.54) is 0 Å². The van der Waals surface area contributed by atoms with Crippen molar-refractivity contribution in [1.29, 1.82) is 0 Å². The first-order chi connectivity index (χ1) is 8.85. The van der Waals surface area contributed by atoms with Gasteiger partial charge in [0, 0.05) is 6.07 Å². The molecule has 9 heteroatoms. The molecular weight excluding hydrogens is 286 g/mol. The number of halogens is 2. The highest BCUT2D eigenvalue weighted by molar-refractivity contribution is 8.20. The molecule has 1 atom stereocenters. The molecule has 1 aliphatic heterocycles. The molecule has 0 saturated carbocycles. The van der Waals surface area contributed by atoms with E-state index in [4.69, 9.17) is 13.8 Å². The number of hydrogen-bond donors (Lipinski definition) is 2. The van der Waals surface area contributed by atoms with Gasteiger partial charge in [0.15, 0.2) is 11.6 Å². The van der Waals surface area contributed by atoms with Crippen LogP contribution in [0.25, 0.3) is 0 Å². The highest BCUT2D eigenvalue weighted by Gasteiger charge is 2.35. The second-order valence-electron chi connectivity index (χ2n) is 3.72. The van der Waals surface area contributed by atoms with Gasteiger partial charge in [0.25, 0.3) is 0 Å². The van der Waals surface area contributed by atoms with Crippen LogP contribution in [0.15, 0.2) is 18.2 Å². The largest absolute Gasteiger partial charge is 0.514 e. The Hall–Kier alpha value is -1.42. The third-order valence-corrected chi connectivity index (χ3v) is 3.52. The number of rotatable bonds is 2. The van der Waals surface area contributed by atoms with Gasteiger partial charge >= 0.3 is 6.16 Å². The summed E-state index contributed by atoms with van der Waals surface area (Å²) in [5.74, 6) is -2.62. The van der Waals surface area contributed by atoms with Crippen molar-refractivity contribution in [2.24, 2.45) is 0 Å². The second-order valence-corrected chi connectivity index (χ2v) is 5.51. The zero-order valence-electron chi connectivity index (χ0n) is 9.42. The average molecular weight is 296 g/mol. The van der Waals surface area contributed by atoms with Gasteiger partial charge in [-0.3, -0.25) is 4.18 Å². The first-order valence-electron chi connectivity index (χ1n) is 5.09. The van der Waals surface area contributed by atoms with E-state index >= 15 is 0 Å².